The van der Waals surface area contributed by atoms with Crippen LogP contribution in [0.3, 0.4) is 0 Å². The van der Waals surface area contributed by atoms with E-state index in [1.165, 1.54) is 16.7 Å². The fourth-order valence-corrected chi connectivity index (χ4v) is 4.32. The van der Waals surface area contributed by atoms with Crippen LogP contribution in [0.2, 0.25) is 0 Å². The number of aryl methyl sites for hydroxylation is 1. The Balaban J connectivity index is 1.38. The van der Waals surface area contributed by atoms with Gasteiger partial charge in [-0.2, -0.15) is 0 Å². The average Bonchev–Trinajstić information content (AvgIpc) is 3.24. The van der Waals surface area contributed by atoms with Crippen molar-refractivity contribution in [1.82, 2.24) is 4.90 Å². The van der Waals surface area contributed by atoms with Crippen LogP contribution < -0.4 is 14.8 Å². The average molecular weight is 427 g/mol. The first-order chi connectivity index (χ1) is 14.0. The van der Waals surface area contributed by atoms with Gasteiger partial charge >= 0.3 is 0 Å². The number of hydrogen-bond acceptors (Lipinski definition) is 6. The van der Waals surface area contributed by atoms with Gasteiger partial charge in [0.15, 0.2) is 11.5 Å². The summed E-state index contributed by atoms with van der Waals surface area (Å²) < 4.78 is 11.1. The minimum atomic E-state index is -0.193. The van der Waals surface area contributed by atoms with Crippen molar-refractivity contribution in [2.75, 3.05) is 18.7 Å². The van der Waals surface area contributed by atoms with Crippen LogP contribution in [0.1, 0.15) is 17.5 Å². The number of carbonyl (C=O) groups is 2. The van der Waals surface area contributed by atoms with Crippen LogP contribution in [-0.4, -0.2) is 34.4 Å². The number of benzene rings is 2. The minimum absolute atomic E-state index is 0.163. The molecule has 148 valence electrons. The number of fused-ring (bicyclic) bond motifs is 1. The number of hydrogen-bond donors (Lipinski definition) is 1. The second-order valence-corrected chi connectivity index (χ2v) is 8.29. The molecule has 2 aliphatic heterocycles. The summed E-state index contributed by atoms with van der Waals surface area (Å²) in [6.45, 7) is 2.40. The van der Waals surface area contributed by atoms with Crippen molar-refractivity contribution >= 4 is 51.9 Å². The lowest BCUT2D eigenvalue weighted by atomic mass is 10.2. The van der Waals surface area contributed by atoms with Gasteiger partial charge in [-0.3, -0.25) is 14.5 Å². The van der Waals surface area contributed by atoms with Crippen molar-refractivity contribution in [2.24, 2.45) is 0 Å². The Morgan fingerprint density at radius 1 is 1.24 bits per heavy atom. The summed E-state index contributed by atoms with van der Waals surface area (Å²) in [7, 11) is 0. The molecule has 8 heteroatoms. The van der Waals surface area contributed by atoms with E-state index in [1.54, 1.807) is 6.08 Å². The molecule has 0 aromatic heterocycles. The molecule has 0 saturated carbocycles. The molecular formula is C21H18N2O4S2. The number of ether oxygens (including phenoxy) is 2. The number of thiocarbonyl (C=S) groups is 1. The van der Waals surface area contributed by atoms with Gasteiger partial charge in [0, 0.05) is 18.7 Å². The van der Waals surface area contributed by atoms with Crippen molar-refractivity contribution in [3.63, 3.8) is 0 Å². The maximum atomic E-state index is 12.7. The molecule has 2 heterocycles. The largest absolute Gasteiger partial charge is 0.454 e. The summed E-state index contributed by atoms with van der Waals surface area (Å²) in [5.41, 5.74) is 2.63. The molecule has 6 nitrogen and oxygen atoms in total. The Labute approximate surface area is 177 Å². The second-order valence-electron chi connectivity index (χ2n) is 6.61. The summed E-state index contributed by atoms with van der Waals surface area (Å²) >= 11 is 6.57. The summed E-state index contributed by atoms with van der Waals surface area (Å²) in [5, 5.41) is 2.84. The quantitative estimate of drug-likeness (QED) is 0.577. The topological polar surface area (TPSA) is 67.9 Å². The maximum Gasteiger partial charge on any atom is 0.266 e. The van der Waals surface area contributed by atoms with Crippen LogP contribution in [0.15, 0.2) is 47.4 Å². The lowest BCUT2D eigenvalue weighted by Crippen LogP contribution is -2.31. The molecular weight excluding hydrogens is 408 g/mol. The number of nitrogens with zero attached hydrogens (tertiary/aromatic N) is 1. The van der Waals surface area contributed by atoms with Gasteiger partial charge in [-0.25, -0.2) is 0 Å². The third-order valence-corrected chi connectivity index (χ3v) is 5.81. The Morgan fingerprint density at radius 2 is 2.07 bits per heavy atom. The van der Waals surface area contributed by atoms with E-state index in [-0.39, 0.29) is 31.6 Å². The number of carbonyl (C=O) groups excluding carboxylic acids is 2. The van der Waals surface area contributed by atoms with Crippen LogP contribution in [0.4, 0.5) is 5.69 Å². The van der Waals surface area contributed by atoms with E-state index >= 15 is 0 Å². The Morgan fingerprint density at radius 3 is 2.90 bits per heavy atom. The van der Waals surface area contributed by atoms with Crippen molar-refractivity contribution < 1.29 is 19.1 Å². The lowest BCUT2D eigenvalue weighted by Gasteiger charge is -2.14. The van der Waals surface area contributed by atoms with Gasteiger partial charge in [0.05, 0.1) is 4.91 Å². The van der Waals surface area contributed by atoms with E-state index in [4.69, 9.17) is 21.7 Å². The highest BCUT2D eigenvalue weighted by molar-refractivity contribution is 8.26. The first-order valence-corrected chi connectivity index (χ1v) is 10.2. The van der Waals surface area contributed by atoms with Crippen molar-refractivity contribution in [3.8, 4) is 11.5 Å². The number of thioether (sulfide) groups is 1. The molecule has 1 saturated heterocycles. The highest BCUT2D eigenvalue weighted by Gasteiger charge is 2.32. The number of amides is 2. The Hall–Kier alpha value is -2.84. The molecule has 2 aromatic carbocycles. The van der Waals surface area contributed by atoms with Crippen LogP contribution in [0.25, 0.3) is 6.08 Å². The third-order valence-electron chi connectivity index (χ3n) is 4.43. The van der Waals surface area contributed by atoms with Crippen LogP contribution in [-0.2, 0) is 9.59 Å². The predicted molar refractivity (Wildman–Crippen MR) is 117 cm³/mol. The monoisotopic (exact) mass is 426 g/mol. The molecule has 1 N–H and O–H groups in total. The predicted octanol–water partition coefficient (Wildman–Crippen LogP) is 3.95. The van der Waals surface area contributed by atoms with Gasteiger partial charge in [0.25, 0.3) is 5.91 Å². The van der Waals surface area contributed by atoms with E-state index in [0.717, 1.165) is 16.8 Å². The van der Waals surface area contributed by atoms with E-state index in [2.05, 4.69) is 5.32 Å². The standard InChI is InChI=1S/C21H18N2O4S2/c1-13-3-2-4-15(9-13)22-19(24)7-8-23-20(25)18(29-21(23)28)11-14-5-6-16-17(10-14)27-12-26-16/h2-6,9-11H,7-8,12H2,1H3,(H,22,24)/b18-11-. The highest BCUT2D eigenvalue weighted by atomic mass is 32.2. The zero-order valence-corrected chi connectivity index (χ0v) is 17.3. The first kappa shape index (κ1) is 19.5. The van der Waals surface area contributed by atoms with E-state index in [0.29, 0.717) is 20.7 Å². The zero-order valence-electron chi connectivity index (χ0n) is 15.6. The molecule has 1 fully saturated rings. The smallest absolute Gasteiger partial charge is 0.266 e. The summed E-state index contributed by atoms with van der Waals surface area (Å²) in [4.78, 5) is 27.0. The van der Waals surface area contributed by atoms with E-state index < -0.39 is 0 Å². The van der Waals surface area contributed by atoms with Crippen LogP contribution in [0, 0.1) is 6.92 Å². The van der Waals surface area contributed by atoms with E-state index in [1.807, 2.05) is 49.4 Å². The van der Waals surface area contributed by atoms with Crippen molar-refractivity contribution in [3.05, 3.63) is 58.5 Å². The molecule has 0 radical (unpaired) electrons. The molecule has 2 aliphatic rings. The molecule has 4 rings (SSSR count). The molecule has 29 heavy (non-hydrogen) atoms. The van der Waals surface area contributed by atoms with Crippen molar-refractivity contribution in [2.45, 2.75) is 13.3 Å². The van der Waals surface area contributed by atoms with Gasteiger partial charge in [-0.1, -0.05) is 42.2 Å². The summed E-state index contributed by atoms with van der Waals surface area (Å²) in [6.07, 6.45) is 1.94. The van der Waals surface area contributed by atoms with Gasteiger partial charge in [-0.05, 0) is 48.4 Å². The zero-order chi connectivity index (χ0) is 20.4. The normalized spacial score (nSPS) is 16.6. The SMILES string of the molecule is Cc1cccc(NC(=O)CCN2C(=O)/C(=C/c3ccc4c(c3)OCO4)SC2=S)c1. The first-order valence-electron chi connectivity index (χ1n) is 9.01. The second kappa shape index (κ2) is 8.26. The fourth-order valence-electron chi connectivity index (χ4n) is 3.01. The number of anilines is 1. The van der Waals surface area contributed by atoms with Gasteiger partial charge in [-0.15, -0.1) is 0 Å². The molecule has 0 atom stereocenters. The van der Waals surface area contributed by atoms with E-state index in [9.17, 15) is 9.59 Å². The van der Waals surface area contributed by atoms with Crippen LogP contribution in [0.5, 0.6) is 11.5 Å². The molecule has 0 aliphatic carbocycles. The lowest BCUT2D eigenvalue weighted by molar-refractivity contribution is -0.122. The minimum Gasteiger partial charge on any atom is -0.454 e. The van der Waals surface area contributed by atoms with Crippen molar-refractivity contribution in [1.29, 1.82) is 0 Å². The highest BCUT2D eigenvalue weighted by Crippen LogP contribution is 2.36. The van der Waals surface area contributed by atoms with Gasteiger partial charge < -0.3 is 14.8 Å². The summed E-state index contributed by atoms with van der Waals surface area (Å²) in [6, 6.07) is 13.1. The molecule has 0 spiro atoms. The maximum absolute atomic E-state index is 12.7. The molecule has 0 unspecified atom stereocenters. The molecule has 2 amide bonds. The number of rotatable bonds is 5. The fraction of sp³-hybridized carbons (Fsp3) is 0.190. The molecule has 2 aromatic rings. The number of nitrogens with one attached hydrogen (secondary N) is 1. The van der Waals surface area contributed by atoms with Crippen LogP contribution >= 0.6 is 24.0 Å². The van der Waals surface area contributed by atoms with Gasteiger partial charge in [0.2, 0.25) is 12.7 Å². The molecule has 0 bridgehead atoms. The Kier molecular flexibility index (Phi) is 5.55. The third kappa shape index (κ3) is 4.44. The summed E-state index contributed by atoms with van der Waals surface area (Å²) in [5.74, 6) is 0.988. The van der Waals surface area contributed by atoms with Gasteiger partial charge in [0.1, 0.15) is 4.32 Å². The Bertz CT molecular complexity index is 1040.